The Labute approximate surface area is 108 Å². The molecule has 2 aliphatic heterocycles. The number of hydrogen-bond donors (Lipinski definition) is 1. The van der Waals surface area contributed by atoms with Gasteiger partial charge in [0.2, 0.25) is 0 Å². The third-order valence-corrected chi connectivity index (χ3v) is 5.97. The molecule has 0 saturated carbocycles. The molecular formula is C12H21NO4S. The van der Waals surface area contributed by atoms with Crippen LogP contribution in [0.2, 0.25) is 0 Å². The van der Waals surface area contributed by atoms with Crippen molar-refractivity contribution in [1.82, 2.24) is 5.32 Å². The molecule has 6 heteroatoms. The predicted molar refractivity (Wildman–Crippen MR) is 68.0 cm³/mol. The largest absolute Gasteiger partial charge is 0.468 e. The van der Waals surface area contributed by atoms with Gasteiger partial charge in [0.1, 0.15) is 5.54 Å². The van der Waals surface area contributed by atoms with Crippen molar-refractivity contribution in [3.05, 3.63) is 0 Å². The molecule has 0 bridgehead atoms. The molecule has 2 saturated heterocycles. The maximum absolute atomic E-state index is 12.1. The number of sulfone groups is 1. The first-order chi connectivity index (χ1) is 8.50. The average molecular weight is 275 g/mol. The van der Waals surface area contributed by atoms with E-state index in [4.69, 9.17) is 4.74 Å². The lowest BCUT2D eigenvalue weighted by Crippen LogP contribution is -2.62. The highest BCUT2D eigenvalue weighted by molar-refractivity contribution is 7.91. The van der Waals surface area contributed by atoms with E-state index >= 15 is 0 Å². The molecule has 0 aromatic heterocycles. The van der Waals surface area contributed by atoms with Gasteiger partial charge in [-0.3, -0.25) is 4.79 Å². The SMILES string of the molecule is COC(=O)C1(C2CCCS(=O)(=O)C2)CCCCN1. The van der Waals surface area contributed by atoms with Gasteiger partial charge in [-0.05, 0) is 38.6 Å². The fraction of sp³-hybridized carbons (Fsp3) is 0.917. The van der Waals surface area contributed by atoms with Crippen molar-refractivity contribution in [2.75, 3.05) is 25.2 Å². The number of hydrogen-bond acceptors (Lipinski definition) is 5. The van der Waals surface area contributed by atoms with Crippen molar-refractivity contribution in [3.8, 4) is 0 Å². The van der Waals surface area contributed by atoms with Crippen molar-refractivity contribution in [1.29, 1.82) is 0 Å². The highest BCUT2D eigenvalue weighted by Gasteiger charge is 2.49. The molecule has 2 unspecified atom stereocenters. The summed E-state index contributed by atoms with van der Waals surface area (Å²) in [6.07, 6.45) is 4.07. The first-order valence-corrected chi connectivity index (χ1v) is 8.36. The van der Waals surface area contributed by atoms with Crippen LogP contribution in [-0.4, -0.2) is 45.1 Å². The van der Waals surface area contributed by atoms with E-state index in [2.05, 4.69) is 5.32 Å². The molecule has 2 fully saturated rings. The lowest BCUT2D eigenvalue weighted by atomic mass is 9.76. The van der Waals surface area contributed by atoms with Crippen molar-refractivity contribution in [2.45, 2.75) is 37.6 Å². The number of carbonyl (C=O) groups excluding carboxylic acids is 1. The second kappa shape index (κ2) is 5.17. The van der Waals surface area contributed by atoms with Gasteiger partial charge < -0.3 is 10.1 Å². The van der Waals surface area contributed by atoms with Crippen LogP contribution in [0.1, 0.15) is 32.1 Å². The minimum absolute atomic E-state index is 0.106. The molecule has 2 heterocycles. The zero-order chi connectivity index (χ0) is 13.2. The fourth-order valence-corrected chi connectivity index (χ4v) is 5.05. The van der Waals surface area contributed by atoms with Crippen LogP contribution in [0.25, 0.3) is 0 Å². The molecule has 0 aliphatic carbocycles. The summed E-state index contributed by atoms with van der Waals surface area (Å²) < 4.78 is 28.5. The Kier molecular flexibility index (Phi) is 3.96. The Morgan fingerprint density at radius 3 is 2.67 bits per heavy atom. The molecule has 1 N–H and O–H groups in total. The van der Waals surface area contributed by atoms with Crippen LogP contribution in [0.3, 0.4) is 0 Å². The molecule has 104 valence electrons. The lowest BCUT2D eigenvalue weighted by molar-refractivity contribution is -0.152. The molecule has 18 heavy (non-hydrogen) atoms. The standard InChI is InChI=1S/C12H21NO4S/c1-17-11(14)12(6-2-3-7-13-12)10-5-4-8-18(15,16)9-10/h10,13H,2-9H2,1H3. The van der Waals surface area contributed by atoms with Crippen LogP contribution in [-0.2, 0) is 19.4 Å². The highest BCUT2D eigenvalue weighted by Crippen LogP contribution is 2.35. The predicted octanol–water partition coefficient (Wildman–Crippen LogP) is 0.496. The quantitative estimate of drug-likeness (QED) is 0.743. The van der Waals surface area contributed by atoms with Gasteiger partial charge in [0.15, 0.2) is 9.84 Å². The zero-order valence-electron chi connectivity index (χ0n) is 10.8. The van der Waals surface area contributed by atoms with Crippen molar-refractivity contribution < 1.29 is 17.9 Å². The number of ether oxygens (including phenoxy) is 1. The molecule has 0 amide bonds. The maximum atomic E-state index is 12.1. The number of piperidine rings is 1. The smallest absolute Gasteiger partial charge is 0.326 e. The number of nitrogens with one attached hydrogen (secondary N) is 1. The summed E-state index contributed by atoms with van der Waals surface area (Å²) in [6.45, 7) is 0.756. The first-order valence-electron chi connectivity index (χ1n) is 6.54. The third kappa shape index (κ3) is 2.54. The molecule has 5 nitrogen and oxygen atoms in total. The summed E-state index contributed by atoms with van der Waals surface area (Å²) in [5, 5.41) is 3.25. The van der Waals surface area contributed by atoms with E-state index < -0.39 is 15.4 Å². The lowest BCUT2D eigenvalue weighted by Gasteiger charge is -2.43. The molecule has 0 radical (unpaired) electrons. The minimum Gasteiger partial charge on any atom is -0.468 e. The normalized spacial score (nSPS) is 35.9. The number of rotatable bonds is 2. The van der Waals surface area contributed by atoms with Crippen molar-refractivity contribution in [3.63, 3.8) is 0 Å². The minimum atomic E-state index is -3.01. The van der Waals surface area contributed by atoms with Gasteiger partial charge in [0.05, 0.1) is 18.6 Å². The third-order valence-electron chi connectivity index (χ3n) is 4.15. The molecular weight excluding hydrogens is 254 g/mol. The van der Waals surface area contributed by atoms with Gasteiger partial charge in [-0.15, -0.1) is 0 Å². The van der Waals surface area contributed by atoms with Crippen LogP contribution in [0.4, 0.5) is 0 Å². The van der Waals surface area contributed by atoms with Gasteiger partial charge in [0, 0.05) is 5.92 Å². The Balaban J connectivity index is 2.26. The van der Waals surface area contributed by atoms with Gasteiger partial charge in [-0.25, -0.2) is 8.42 Å². The van der Waals surface area contributed by atoms with E-state index in [0.717, 1.165) is 25.8 Å². The molecule has 0 aromatic rings. The second-order valence-corrected chi connectivity index (χ2v) is 7.53. The van der Waals surface area contributed by atoms with Crippen molar-refractivity contribution >= 4 is 15.8 Å². The van der Waals surface area contributed by atoms with E-state index in [9.17, 15) is 13.2 Å². The fourth-order valence-electron chi connectivity index (χ4n) is 3.21. The van der Waals surface area contributed by atoms with Gasteiger partial charge in [-0.1, -0.05) is 0 Å². The van der Waals surface area contributed by atoms with Crippen LogP contribution in [0.15, 0.2) is 0 Å². The zero-order valence-corrected chi connectivity index (χ0v) is 11.6. The Morgan fingerprint density at radius 2 is 2.11 bits per heavy atom. The van der Waals surface area contributed by atoms with Crippen LogP contribution in [0.5, 0.6) is 0 Å². The van der Waals surface area contributed by atoms with Crippen molar-refractivity contribution in [2.24, 2.45) is 5.92 Å². The average Bonchev–Trinajstić information content (AvgIpc) is 2.37. The number of esters is 1. The van der Waals surface area contributed by atoms with Crippen LogP contribution < -0.4 is 5.32 Å². The summed E-state index contributed by atoms with van der Waals surface area (Å²) in [5.41, 5.74) is -0.777. The highest BCUT2D eigenvalue weighted by atomic mass is 32.2. The number of carbonyl (C=O) groups is 1. The van der Waals surface area contributed by atoms with Gasteiger partial charge in [-0.2, -0.15) is 0 Å². The Hall–Kier alpha value is -0.620. The molecule has 2 aliphatic rings. The summed E-state index contributed by atoms with van der Waals surface area (Å²) in [5.74, 6) is -0.0937. The van der Waals surface area contributed by atoms with Gasteiger partial charge >= 0.3 is 5.97 Å². The van der Waals surface area contributed by atoms with E-state index in [0.29, 0.717) is 12.8 Å². The van der Waals surface area contributed by atoms with Crippen LogP contribution in [0, 0.1) is 5.92 Å². The summed E-state index contributed by atoms with van der Waals surface area (Å²) in [4.78, 5) is 12.1. The Morgan fingerprint density at radius 1 is 1.33 bits per heavy atom. The Bertz CT molecular complexity index is 412. The van der Waals surface area contributed by atoms with Gasteiger partial charge in [0.25, 0.3) is 0 Å². The summed E-state index contributed by atoms with van der Waals surface area (Å²) in [7, 11) is -1.64. The topological polar surface area (TPSA) is 72.5 Å². The second-order valence-electron chi connectivity index (χ2n) is 5.30. The molecule has 2 atom stereocenters. The monoisotopic (exact) mass is 275 g/mol. The van der Waals surface area contributed by atoms with E-state index in [1.165, 1.54) is 7.11 Å². The maximum Gasteiger partial charge on any atom is 0.326 e. The first kappa shape index (κ1) is 13.8. The number of methoxy groups -OCH3 is 1. The molecule has 2 rings (SSSR count). The summed E-state index contributed by atoms with van der Waals surface area (Å²) in [6, 6.07) is 0. The van der Waals surface area contributed by atoms with E-state index in [1.807, 2.05) is 0 Å². The summed E-state index contributed by atoms with van der Waals surface area (Å²) >= 11 is 0. The molecule has 0 aromatic carbocycles. The van der Waals surface area contributed by atoms with E-state index in [1.54, 1.807) is 0 Å². The van der Waals surface area contributed by atoms with Crippen LogP contribution >= 0.6 is 0 Å². The molecule has 0 spiro atoms. The van der Waals surface area contributed by atoms with E-state index in [-0.39, 0.29) is 23.4 Å².